The molecule has 3 nitrogen and oxygen atoms in total. The summed E-state index contributed by atoms with van der Waals surface area (Å²) in [5.74, 6) is 0. The number of hydrogen-bond acceptors (Lipinski definition) is 2. The van der Waals surface area contributed by atoms with Gasteiger partial charge in [-0.25, -0.2) is 12.7 Å². The van der Waals surface area contributed by atoms with E-state index in [2.05, 4.69) is 15.9 Å². The van der Waals surface area contributed by atoms with Gasteiger partial charge in [0.2, 0.25) is 10.0 Å². The van der Waals surface area contributed by atoms with Crippen LogP contribution in [0.25, 0.3) is 0 Å². The molecular weight excluding hydrogens is 290 g/mol. The first kappa shape index (κ1) is 13.7. The van der Waals surface area contributed by atoms with E-state index in [1.54, 1.807) is 25.2 Å². The van der Waals surface area contributed by atoms with E-state index in [0.717, 1.165) is 17.3 Å². The Bertz CT molecular complexity index is 445. The summed E-state index contributed by atoms with van der Waals surface area (Å²) >= 11 is 3.29. The fourth-order valence-electron chi connectivity index (χ4n) is 1.36. The number of halogens is 1. The predicted octanol–water partition coefficient (Wildman–Crippen LogP) is 2.40. The smallest absolute Gasteiger partial charge is 0.207 e. The molecule has 0 bridgehead atoms. The van der Waals surface area contributed by atoms with Crippen LogP contribution in [0, 0.1) is 6.92 Å². The molecule has 1 rings (SSSR count). The first-order chi connectivity index (χ1) is 7.48. The SMILES string of the molecule is Cc1cccc(S(=O)(=O)N(C)CCCBr)c1. The Labute approximate surface area is 106 Å². The largest absolute Gasteiger partial charge is 0.242 e. The first-order valence-corrected chi connectivity index (χ1v) is 7.63. The maximum Gasteiger partial charge on any atom is 0.242 e. The second-order valence-corrected chi connectivity index (χ2v) is 6.52. The Balaban J connectivity index is 2.93. The maximum atomic E-state index is 12.1. The fraction of sp³-hybridized carbons (Fsp3) is 0.455. The van der Waals surface area contributed by atoms with E-state index >= 15 is 0 Å². The van der Waals surface area contributed by atoms with Gasteiger partial charge >= 0.3 is 0 Å². The van der Waals surface area contributed by atoms with Crippen LogP contribution in [-0.2, 0) is 10.0 Å². The van der Waals surface area contributed by atoms with Crippen molar-refractivity contribution in [3.8, 4) is 0 Å². The Morgan fingerprint density at radius 3 is 2.62 bits per heavy atom. The monoisotopic (exact) mass is 305 g/mol. The van der Waals surface area contributed by atoms with Gasteiger partial charge in [0.1, 0.15) is 0 Å². The van der Waals surface area contributed by atoms with Gasteiger partial charge in [-0.1, -0.05) is 28.1 Å². The molecule has 0 saturated heterocycles. The second kappa shape index (κ2) is 5.80. The van der Waals surface area contributed by atoms with Crippen LogP contribution in [0.2, 0.25) is 0 Å². The van der Waals surface area contributed by atoms with Crippen molar-refractivity contribution in [2.75, 3.05) is 18.9 Å². The van der Waals surface area contributed by atoms with Crippen LogP contribution in [0.5, 0.6) is 0 Å². The summed E-state index contributed by atoms with van der Waals surface area (Å²) in [5.41, 5.74) is 0.954. The standard InChI is InChI=1S/C11H16BrNO2S/c1-10-5-3-6-11(9-10)16(14,15)13(2)8-4-7-12/h3,5-6,9H,4,7-8H2,1-2H3. The highest BCUT2D eigenvalue weighted by Crippen LogP contribution is 2.15. The van der Waals surface area contributed by atoms with Crippen molar-refractivity contribution in [2.45, 2.75) is 18.2 Å². The molecule has 0 atom stereocenters. The van der Waals surface area contributed by atoms with Crippen molar-refractivity contribution >= 4 is 26.0 Å². The molecule has 5 heteroatoms. The van der Waals surface area contributed by atoms with Crippen molar-refractivity contribution in [1.29, 1.82) is 0 Å². The zero-order valence-corrected chi connectivity index (χ0v) is 11.9. The minimum Gasteiger partial charge on any atom is -0.207 e. The maximum absolute atomic E-state index is 12.1. The molecule has 16 heavy (non-hydrogen) atoms. The molecule has 0 saturated carbocycles. The van der Waals surface area contributed by atoms with E-state index in [-0.39, 0.29) is 0 Å². The quantitative estimate of drug-likeness (QED) is 0.783. The number of rotatable bonds is 5. The van der Waals surface area contributed by atoms with Crippen LogP contribution >= 0.6 is 15.9 Å². The van der Waals surface area contributed by atoms with Gasteiger partial charge < -0.3 is 0 Å². The lowest BCUT2D eigenvalue weighted by atomic mass is 10.2. The normalized spacial score (nSPS) is 12.0. The summed E-state index contributed by atoms with van der Waals surface area (Å²) in [6.45, 7) is 2.42. The summed E-state index contributed by atoms with van der Waals surface area (Å²) in [6.07, 6.45) is 0.807. The average molecular weight is 306 g/mol. The third kappa shape index (κ3) is 3.30. The van der Waals surface area contributed by atoms with Gasteiger partial charge in [0.25, 0.3) is 0 Å². The molecule has 0 fully saturated rings. The van der Waals surface area contributed by atoms with Gasteiger partial charge in [0.05, 0.1) is 4.90 Å². The third-order valence-corrected chi connectivity index (χ3v) is 4.72. The molecule has 90 valence electrons. The molecule has 1 aromatic rings. The summed E-state index contributed by atoms with van der Waals surface area (Å²) in [4.78, 5) is 0.365. The Morgan fingerprint density at radius 2 is 2.06 bits per heavy atom. The molecular formula is C11H16BrNO2S. The second-order valence-electron chi connectivity index (χ2n) is 3.69. The van der Waals surface area contributed by atoms with E-state index in [0.29, 0.717) is 11.4 Å². The van der Waals surface area contributed by atoms with E-state index in [1.807, 2.05) is 13.0 Å². The molecule has 0 amide bonds. The van der Waals surface area contributed by atoms with Gasteiger partial charge in [0, 0.05) is 18.9 Å². The third-order valence-electron chi connectivity index (χ3n) is 2.30. The number of aryl methyl sites for hydroxylation is 1. The highest BCUT2D eigenvalue weighted by Gasteiger charge is 2.19. The number of sulfonamides is 1. The van der Waals surface area contributed by atoms with Gasteiger partial charge in [-0.3, -0.25) is 0 Å². The van der Waals surface area contributed by atoms with Gasteiger partial charge in [-0.2, -0.15) is 0 Å². The minimum absolute atomic E-state index is 0.365. The molecule has 0 aliphatic heterocycles. The Morgan fingerprint density at radius 1 is 1.38 bits per heavy atom. The topological polar surface area (TPSA) is 37.4 Å². The van der Waals surface area contributed by atoms with Crippen LogP contribution < -0.4 is 0 Å². The highest BCUT2D eigenvalue weighted by atomic mass is 79.9. The number of alkyl halides is 1. The highest BCUT2D eigenvalue weighted by molar-refractivity contribution is 9.09. The van der Waals surface area contributed by atoms with Crippen LogP contribution in [-0.4, -0.2) is 31.6 Å². The number of benzene rings is 1. The lowest BCUT2D eigenvalue weighted by Gasteiger charge is -2.16. The molecule has 0 aliphatic rings. The van der Waals surface area contributed by atoms with Crippen molar-refractivity contribution in [3.63, 3.8) is 0 Å². The lowest BCUT2D eigenvalue weighted by Crippen LogP contribution is -2.28. The first-order valence-electron chi connectivity index (χ1n) is 5.07. The van der Waals surface area contributed by atoms with Crippen LogP contribution in [0.15, 0.2) is 29.2 Å². The summed E-state index contributed by atoms with van der Waals surface area (Å²) in [5, 5.41) is 0.806. The van der Waals surface area contributed by atoms with Crippen molar-refractivity contribution in [3.05, 3.63) is 29.8 Å². The van der Waals surface area contributed by atoms with Gasteiger partial charge in [0.15, 0.2) is 0 Å². The van der Waals surface area contributed by atoms with E-state index in [1.165, 1.54) is 4.31 Å². The van der Waals surface area contributed by atoms with E-state index in [4.69, 9.17) is 0 Å². The summed E-state index contributed by atoms with van der Waals surface area (Å²) in [6, 6.07) is 6.98. The minimum atomic E-state index is -3.32. The molecule has 0 radical (unpaired) electrons. The molecule has 1 aromatic carbocycles. The summed E-state index contributed by atoms with van der Waals surface area (Å²) in [7, 11) is -1.71. The van der Waals surface area contributed by atoms with Crippen molar-refractivity contribution in [1.82, 2.24) is 4.31 Å². The molecule has 0 aromatic heterocycles. The van der Waals surface area contributed by atoms with E-state index in [9.17, 15) is 8.42 Å². The number of hydrogen-bond donors (Lipinski definition) is 0. The molecule has 0 aliphatic carbocycles. The van der Waals surface area contributed by atoms with Gasteiger partial charge in [-0.05, 0) is 31.0 Å². The van der Waals surface area contributed by atoms with Crippen LogP contribution in [0.4, 0.5) is 0 Å². The molecule has 0 unspecified atom stereocenters. The van der Waals surface area contributed by atoms with Crippen molar-refractivity contribution in [2.24, 2.45) is 0 Å². The zero-order chi connectivity index (χ0) is 12.2. The Hall–Kier alpha value is -0.390. The van der Waals surface area contributed by atoms with Crippen LogP contribution in [0.3, 0.4) is 0 Å². The van der Waals surface area contributed by atoms with Gasteiger partial charge in [-0.15, -0.1) is 0 Å². The Kier molecular flexibility index (Phi) is 4.95. The summed E-state index contributed by atoms with van der Waals surface area (Å²) < 4.78 is 25.6. The number of nitrogens with zero attached hydrogens (tertiary/aromatic N) is 1. The zero-order valence-electron chi connectivity index (χ0n) is 9.48. The lowest BCUT2D eigenvalue weighted by molar-refractivity contribution is 0.470. The molecule has 0 spiro atoms. The van der Waals surface area contributed by atoms with E-state index < -0.39 is 10.0 Å². The molecule has 0 heterocycles. The predicted molar refractivity (Wildman–Crippen MR) is 69.4 cm³/mol. The fourth-order valence-corrected chi connectivity index (χ4v) is 2.92. The van der Waals surface area contributed by atoms with Crippen LogP contribution in [0.1, 0.15) is 12.0 Å². The van der Waals surface area contributed by atoms with Crippen molar-refractivity contribution < 1.29 is 8.42 Å². The average Bonchev–Trinajstić information content (AvgIpc) is 2.25. The molecule has 0 N–H and O–H groups in total.